The Morgan fingerprint density at radius 2 is 1.88 bits per heavy atom. The van der Waals surface area contributed by atoms with E-state index >= 15 is 0 Å². The molecule has 0 saturated heterocycles. The fourth-order valence-electron chi connectivity index (χ4n) is 1.77. The Labute approximate surface area is 154 Å². The lowest BCUT2D eigenvalue weighted by Gasteiger charge is -2.14. The summed E-state index contributed by atoms with van der Waals surface area (Å²) >= 11 is 13.2. The van der Waals surface area contributed by atoms with Gasteiger partial charge in [-0.05, 0) is 37.3 Å². The molecule has 7 heteroatoms. The monoisotopic (exact) mass is 383 g/mol. The fraction of sp³-hybridized carbons (Fsp3) is 0.176. The molecule has 24 heavy (non-hydrogen) atoms. The van der Waals surface area contributed by atoms with Crippen LogP contribution in [0.4, 0.5) is 5.69 Å². The number of rotatable bonds is 6. The smallest absolute Gasteiger partial charge is 0.317 e. The number of carbonyl (C=O) groups is 2. The van der Waals surface area contributed by atoms with E-state index < -0.39 is 18.0 Å². The quantitative estimate of drug-likeness (QED) is 0.582. The Morgan fingerprint density at radius 1 is 1.17 bits per heavy atom. The third-order valence-corrected chi connectivity index (χ3v) is 4.51. The van der Waals surface area contributed by atoms with Gasteiger partial charge in [-0.25, -0.2) is 0 Å². The number of esters is 1. The lowest BCUT2D eigenvalue weighted by Crippen LogP contribution is -2.30. The van der Waals surface area contributed by atoms with Gasteiger partial charge >= 0.3 is 5.97 Å². The summed E-state index contributed by atoms with van der Waals surface area (Å²) in [6.07, 6.45) is -0.941. The van der Waals surface area contributed by atoms with Crippen molar-refractivity contribution in [1.82, 2.24) is 0 Å². The number of ether oxygens (including phenoxy) is 1. The van der Waals surface area contributed by atoms with E-state index in [9.17, 15) is 9.59 Å². The third-order valence-electron chi connectivity index (χ3n) is 2.96. The average Bonchev–Trinajstić information content (AvgIpc) is 2.57. The van der Waals surface area contributed by atoms with E-state index in [4.69, 9.17) is 27.9 Å². The molecular weight excluding hydrogens is 369 g/mol. The summed E-state index contributed by atoms with van der Waals surface area (Å²) in [5, 5.41) is 3.39. The van der Waals surface area contributed by atoms with Crippen LogP contribution in [-0.2, 0) is 14.3 Å². The maximum atomic E-state index is 12.1. The Kier molecular flexibility index (Phi) is 6.97. The number of carbonyl (C=O) groups excluding carboxylic acids is 2. The van der Waals surface area contributed by atoms with E-state index in [0.29, 0.717) is 15.7 Å². The minimum Gasteiger partial charge on any atom is -0.452 e. The molecule has 2 rings (SSSR count). The summed E-state index contributed by atoms with van der Waals surface area (Å²) in [6.45, 7) is 1.50. The van der Waals surface area contributed by atoms with Crippen LogP contribution in [0.15, 0.2) is 53.4 Å². The summed E-state index contributed by atoms with van der Waals surface area (Å²) in [4.78, 5) is 24.9. The largest absolute Gasteiger partial charge is 0.452 e. The van der Waals surface area contributed by atoms with Gasteiger partial charge in [0.25, 0.3) is 5.91 Å². The first-order valence-corrected chi connectivity index (χ1v) is 8.83. The lowest BCUT2D eigenvalue weighted by atomic mass is 10.3. The summed E-state index contributed by atoms with van der Waals surface area (Å²) in [7, 11) is 0. The first-order chi connectivity index (χ1) is 11.5. The minimum absolute atomic E-state index is 0.125. The molecule has 0 spiro atoms. The molecule has 0 aliphatic heterocycles. The van der Waals surface area contributed by atoms with Crippen molar-refractivity contribution in [2.24, 2.45) is 0 Å². The molecule has 2 aromatic carbocycles. The highest BCUT2D eigenvalue weighted by Crippen LogP contribution is 2.25. The van der Waals surface area contributed by atoms with Crippen LogP contribution < -0.4 is 5.32 Å². The van der Waals surface area contributed by atoms with Crippen molar-refractivity contribution >= 4 is 52.5 Å². The molecule has 0 aromatic heterocycles. The van der Waals surface area contributed by atoms with Gasteiger partial charge in [0, 0.05) is 9.92 Å². The number of anilines is 1. The van der Waals surface area contributed by atoms with E-state index in [-0.39, 0.29) is 5.75 Å². The molecule has 0 saturated carbocycles. The van der Waals surface area contributed by atoms with Gasteiger partial charge in [-0.1, -0.05) is 41.4 Å². The van der Waals surface area contributed by atoms with Crippen molar-refractivity contribution < 1.29 is 14.3 Å². The van der Waals surface area contributed by atoms with Crippen molar-refractivity contribution in [3.05, 3.63) is 58.6 Å². The van der Waals surface area contributed by atoms with Crippen LogP contribution in [0.3, 0.4) is 0 Å². The third kappa shape index (κ3) is 5.74. The second-order valence-electron chi connectivity index (χ2n) is 4.85. The zero-order chi connectivity index (χ0) is 17.5. The van der Waals surface area contributed by atoms with Crippen molar-refractivity contribution in [1.29, 1.82) is 0 Å². The molecule has 2 aromatic rings. The average molecular weight is 384 g/mol. The Bertz CT molecular complexity index is 725. The molecule has 1 atom stereocenters. The predicted octanol–water partition coefficient (Wildman–Crippen LogP) is 4.66. The van der Waals surface area contributed by atoms with Crippen LogP contribution in [0, 0.1) is 0 Å². The highest BCUT2D eigenvalue weighted by Gasteiger charge is 2.19. The van der Waals surface area contributed by atoms with Crippen LogP contribution >= 0.6 is 35.0 Å². The fourth-order valence-corrected chi connectivity index (χ4v) is 2.81. The van der Waals surface area contributed by atoms with Crippen LogP contribution in [-0.4, -0.2) is 23.7 Å². The van der Waals surface area contributed by atoms with Crippen molar-refractivity contribution in [2.75, 3.05) is 11.1 Å². The number of nitrogens with one attached hydrogen (secondary N) is 1. The second-order valence-corrected chi connectivity index (χ2v) is 6.74. The topological polar surface area (TPSA) is 55.4 Å². The highest BCUT2D eigenvalue weighted by atomic mass is 35.5. The molecule has 0 heterocycles. The highest BCUT2D eigenvalue weighted by molar-refractivity contribution is 8.00. The van der Waals surface area contributed by atoms with Gasteiger partial charge in [0.2, 0.25) is 0 Å². The first kappa shape index (κ1) is 18.6. The first-order valence-electron chi connectivity index (χ1n) is 7.09. The SMILES string of the molecule is C[C@H](OC(=O)CSc1ccccc1)C(=O)Nc1cc(Cl)ccc1Cl. The van der Waals surface area contributed by atoms with Gasteiger partial charge < -0.3 is 10.1 Å². The van der Waals surface area contributed by atoms with Crippen LogP contribution in [0.25, 0.3) is 0 Å². The van der Waals surface area contributed by atoms with Crippen molar-refractivity contribution in [3.8, 4) is 0 Å². The molecule has 1 amide bonds. The minimum atomic E-state index is -0.941. The van der Waals surface area contributed by atoms with Gasteiger partial charge in [-0.2, -0.15) is 0 Å². The molecule has 0 bridgehead atoms. The Morgan fingerprint density at radius 3 is 2.58 bits per heavy atom. The normalized spacial score (nSPS) is 11.6. The molecule has 4 nitrogen and oxygen atoms in total. The number of halogens is 2. The summed E-state index contributed by atoms with van der Waals surface area (Å²) in [5.41, 5.74) is 0.371. The number of benzene rings is 2. The zero-order valence-electron chi connectivity index (χ0n) is 12.8. The molecular formula is C17H15Cl2NO3S. The van der Waals surface area contributed by atoms with Crippen LogP contribution in [0.1, 0.15) is 6.92 Å². The number of hydrogen-bond acceptors (Lipinski definition) is 4. The summed E-state index contributed by atoms with van der Waals surface area (Å²) < 4.78 is 5.13. The summed E-state index contributed by atoms with van der Waals surface area (Å²) in [6, 6.07) is 14.2. The molecule has 1 N–H and O–H groups in total. The van der Waals surface area contributed by atoms with E-state index in [1.54, 1.807) is 12.1 Å². The standard InChI is InChI=1S/C17H15Cl2NO3S/c1-11(17(22)20-15-9-12(18)7-8-14(15)19)23-16(21)10-24-13-5-3-2-4-6-13/h2-9,11H,10H2,1H3,(H,20,22)/t11-/m0/s1. The number of thioether (sulfide) groups is 1. The molecule has 0 radical (unpaired) electrons. The predicted molar refractivity (Wildman–Crippen MR) is 97.8 cm³/mol. The molecule has 0 fully saturated rings. The maximum Gasteiger partial charge on any atom is 0.317 e. The van der Waals surface area contributed by atoms with Crippen molar-refractivity contribution in [3.63, 3.8) is 0 Å². The van der Waals surface area contributed by atoms with E-state index in [1.165, 1.54) is 24.8 Å². The summed E-state index contributed by atoms with van der Waals surface area (Å²) in [5.74, 6) is -0.819. The van der Waals surface area contributed by atoms with Gasteiger partial charge in [0.1, 0.15) is 0 Å². The van der Waals surface area contributed by atoms with Crippen molar-refractivity contribution in [2.45, 2.75) is 17.9 Å². The molecule has 126 valence electrons. The Balaban J connectivity index is 1.84. The van der Waals surface area contributed by atoms with Gasteiger partial charge in [-0.15, -0.1) is 11.8 Å². The number of hydrogen-bond donors (Lipinski definition) is 1. The van der Waals surface area contributed by atoms with Crippen LogP contribution in [0.5, 0.6) is 0 Å². The molecule has 0 aliphatic carbocycles. The van der Waals surface area contributed by atoms with E-state index in [0.717, 1.165) is 4.90 Å². The van der Waals surface area contributed by atoms with E-state index in [1.807, 2.05) is 30.3 Å². The lowest BCUT2D eigenvalue weighted by molar-refractivity contribution is -0.150. The maximum absolute atomic E-state index is 12.1. The molecule has 0 aliphatic rings. The second kappa shape index (κ2) is 8.97. The van der Waals surface area contributed by atoms with Gasteiger partial charge in [0.15, 0.2) is 6.10 Å². The number of amides is 1. The zero-order valence-corrected chi connectivity index (χ0v) is 15.1. The van der Waals surface area contributed by atoms with Crippen LogP contribution in [0.2, 0.25) is 10.0 Å². The van der Waals surface area contributed by atoms with Gasteiger partial charge in [0.05, 0.1) is 16.5 Å². The Hall–Kier alpha value is -1.69. The molecule has 0 unspecified atom stereocenters. The van der Waals surface area contributed by atoms with Gasteiger partial charge in [-0.3, -0.25) is 9.59 Å². The van der Waals surface area contributed by atoms with E-state index in [2.05, 4.69) is 5.32 Å².